The fourth-order valence-electron chi connectivity index (χ4n) is 4.37. The minimum absolute atomic E-state index is 0. The summed E-state index contributed by atoms with van der Waals surface area (Å²) in [6.45, 7) is 0. The van der Waals surface area contributed by atoms with Gasteiger partial charge >= 0.3 is 0 Å². The summed E-state index contributed by atoms with van der Waals surface area (Å²) in [5.41, 5.74) is 2.91. The van der Waals surface area contributed by atoms with Crippen LogP contribution in [0.2, 0.25) is 5.02 Å². The highest BCUT2D eigenvalue weighted by Gasteiger charge is 2.42. The van der Waals surface area contributed by atoms with Crippen molar-refractivity contribution in [2.24, 2.45) is 0 Å². The van der Waals surface area contributed by atoms with Gasteiger partial charge in [-0.15, -0.1) is 0 Å². The van der Waals surface area contributed by atoms with Crippen molar-refractivity contribution in [2.45, 2.75) is 36.0 Å². The van der Waals surface area contributed by atoms with Gasteiger partial charge in [0.15, 0.2) is 0 Å². The molecule has 0 radical (unpaired) electrons. The maximum Gasteiger partial charge on any atom is 0.240 e. The number of rotatable bonds is 6. The predicted octanol–water partition coefficient (Wildman–Crippen LogP) is 5.86. The molecule has 7 heteroatoms. The molecule has 1 aliphatic rings. The number of hydrogen-bond acceptors (Lipinski definition) is 3. The second-order valence-electron chi connectivity index (χ2n) is 8.06. The fraction of sp³-hybridized carbons (Fsp3) is 0.240. The normalized spacial score (nSPS) is 15.4. The molecule has 3 aromatic rings. The van der Waals surface area contributed by atoms with Gasteiger partial charge in [-0.25, -0.2) is 13.1 Å². The molecule has 0 saturated heterocycles. The first kappa shape index (κ1) is 22.5. The van der Waals surface area contributed by atoms with E-state index in [2.05, 4.69) is 10.0 Å². The van der Waals surface area contributed by atoms with Crippen molar-refractivity contribution >= 4 is 33.2 Å². The van der Waals surface area contributed by atoms with E-state index in [1.54, 1.807) is 24.3 Å². The Bertz CT molecular complexity index is 1230. The van der Waals surface area contributed by atoms with Crippen LogP contribution in [0.3, 0.4) is 0 Å². The molecular weight excluding hydrogens is 444 g/mol. The highest BCUT2D eigenvalue weighted by molar-refractivity contribution is 7.89. The van der Waals surface area contributed by atoms with Crippen molar-refractivity contribution in [1.29, 1.82) is 0 Å². The Morgan fingerprint density at radius 2 is 1.59 bits per heavy atom. The molecular formula is C25H29ClN2O3S. The molecule has 1 fully saturated rings. The van der Waals surface area contributed by atoms with Gasteiger partial charge in [-0.05, 0) is 73.0 Å². The fourth-order valence-corrected chi connectivity index (χ4v) is 5.22. The topological polar surface area (TPSA) is 75.3 Å². The number of amides is 1. The van der Waals surface area contributed by atoms with Crippen molar-refractivity contribution in [3.63, 3.8) is 0 Å². The van der Waals surface area contributed by atoms with E-state index in [0.717, 1.165) is 42.4 Å². The van der Waals surface area contributed by atoms with Gasteiger partial charge in [0.25, 0.3) is 0 Å². The molecule has 0 aliphatic heterocycles. The quantitative estimate of drug-likeness (QED) is 0.472. The van der Waals surface area contributed by atoms with Crippen LogP contribution in [-0.2, 0) is 20.2 Å². The summed E-state index contributed by atoms with van der Waals surface area (Å²) in [6, 6.07) is 21.8. The van der Waals surface area contributed by atoms with Crippen molar-refractivity contribution in [2.75, 3.05) is 12.4 Å². The molecule has 5 nitrogen and oxygen atoms in total. The summed E-state index contributed by atoms with van der Waals surface area (Å²) in [7, 11) is -2.10. The van der Waals surface area contributed by atoms with Crippen LogP contribution >= 0.6 is 11.6 Å². The lowest BCUT2D eigenvalue weighted by Gasteiger charge is -2.28. The maximum absolute atomic E-state index is 13.4. The van der Waals surface area contributed by atoms with Crippen LogP contribution in [0.15, 0.2) is 77.7 Å². The molecule has 0 heterocycles. The largest absolute Gasteiger partial charge is 0.325 e. The molecule has 0 atom stereocenters. The van der Waals surface area contributed by atoms with Crippen LogP contribution in [0, 0.1) is 0 Å². The predicted molar refractivity (Wildman–Crippen MR) is 133 cm³/mol. The Balaban J connectivity index is 0.00000204. The molecule has 3 aromatic carbocycles. The third-order valence-corrected chi connectivity index (χ3v) is 7.86. The Hall–Kier alpha value is -2.67. The number of anilines is 1. The Labute approximate surface area is 196 Å². The van der Waals surface area contributed by atoms with Crippen molar-refractivity contribution in [3.05, 3.63) is 83.4 Å². The van der Waals surface area contributed by atoms with E-state index in [-0.39, 0.29) is 13.7 Å². The average molecular weight is 473 g/mol. The summed E-state index contributed by atoms with van der Waals surface area (Å²) >= 11 is 6.05. The molecule has 1 aliphatic carbocycles. The van der Waals surface area contributed by atoms with Gasteiger partial charge in [0.2, 0.25) is 15.9 Å². The Morgan fingerprint density at radius 3 is 2.22 bits per heavy atom. The Morgan fingerprint density at radius 1 is 0.938 bits per heavy atom. The zero-order valence-electron chi connectivity index (χ0n) is 17.8. The van der Waals surface area contributed by atoms with Gasteiger partial charge in [-0.1, -0.05) is 60.8 Å². The van der Waals surface area contributed by atoms with E-state index in [1.165, 1.54) is 7.05 Å². The maximum atomic E-state index is 13.4. The molecule has 0 spiro atoms. The van der Waals surface area contributed by atoms with Gasteiger partial charge in [0.05, 0.1) is 10.3 Å². The zero-order chi connectivity index (χ0) is 22.8. The minimum atomic E-state index is -3.48. The third kappa shape index (κ3) is 4.44. The van der Waals surface area contributed by atoms with Crippen LogP contribution in [0.4, 0.5) is 5.69 Å². The van der Waals surface area contributed by atoms with Crippen molar-refractivity contribution < 1.29 is 16.1 Å². The number of nitrogens with one attached hydrogen (secondary N) is 2. The Kier molecular flexibility index (Phi) is 6.38. The molecule has 0 bridgehead atoms. The number of carbonyl (C=O) groups is 1. The molecule has 0 unspecified atom stereocenters. The van der Waals surface area contributed by atoms with Gasteiger partial charge < -0.3 is 5.32 Å². The minimum Gasteiger partial charge on any atom is -0.325 e. The molecule has 170 valence electrons. The lowest BCUT2D eigenvalue weighted by Crippen LogP contribution is -2.37. The summed E-state index contributed by atoms with van der Waals surface area (Å²) in [6.07, 6.45) is 3.64. The highest BCUT2D eigenvalue weighted by atomic mass is 35.5. The van der Waals surface area contributed by atoms with E-state index in [1.807, 2.05) is 48.5 Å². The molecule has 1 amide bonds. The molecule has 1 saturated carbocycles. The average Bonchev–Trinajstić information content (AvgIpc) is 3.31. The number of hydrogen-bond donors (Lipinski definition) is 2. The molecule has 32 heavy (non-hydrogen) atoms. The van der Waals surface area contributed by atoms with Crippen molar-refractivity contribution in [3.8, 4) is 11.1 Å². The molecule has 2 N–H and O–H groups in total. The molecule has 4 rings (SSSR count). The first-order valence-electron chi connectivity index (χ1n) is 10.6. The molecule has 0 aromatic heterocycles. The van der Waals surface area contributed by atoms with Crippen LogP contribution in [0.1, 0.15) is 34.1 Å². The number of sulfonamides is 1. The van der Waals surface area contributed by atoms with E-state index < -0.39 is 15.4 Å². The second-order valence-corrected chi connectivity index (χ2v) is 10.4. The lowest BCUT2D eigenvalue weighted by molar-refractivity contribution is -0.121. The van der Waals surface area contributed by atoms with Crippen LogP contribution < -0.4 is 10.0 Å². The number of halogens is 1. The van der Waals surface area contributed by atoms with E-state index in [4.69, 9.17) is 11.6 Å². The van der Waals surface area contributed by atoms with Crippen LogP contribution in [0.5, 0.6) is 0 Å². The van der Waals surface area contributed by atoms with Gasteiger partial charge in [0, 0.05) is 13.6 Å². The first-order chi connectivity index (χ1) is 15.3. The van der Waals surface area contributed by atoms with E-state index in [0.29, 0.717) is 10.7 Å². The smallest absolute Gasteiger partial charge is 0.240 e. The monoisotopic (exact) mass is 472 g/mol. The second kappa shape index (κ2) is 9.06. The van der Waals surface area contributed by atoms with Crippen LogP contribution in [0.25, 0.3) is 11.1 Å². The third-order valence-electron chi connectivity index (χ3n) is 6.18. The van der Waals surface area contributed by atoms with Gasteiger partial charge in [-0.3, -0.25) is 4.79 Å². The standard InChI is InChI=1S/C25H25ClN2O3S.2H2/c1-27-32(30,31)23-13-7-18(8-14-23)19-5-4-6-22(17-19)28-24(29)25(15-2-3-16-25)20-9-11-21(26)12-10-20;;/h4-14,17,27H,2-3,15-16H2,1H3,(H,28,29);2*1H. The summed E-state index contributed by atoms with van der Waals surface area (Å²) in [5, 5.41) is 3.77. The first-order valence-corrected chi connectivity index (χ1v) is 12.4. The van der Waals surface area contributed by atoms with Gasteiger partial charge in [0.1, 0.15) is 0 Å². The summed E-state index contributed by atoms with van der Waals surface area (Å²) in [5.74, 6) is -0.00932. The van der Waals surface area contributed by atoms with E-state index in [9.17, 15) is 13.2 Å². The lowest BCUT2D eigenvalue weighted by atomic mass is 9.78. The number of carbonyl (C=O) groups excluding carboxylic acids is 1. The number of benzene rings is 3. The van der Waals surface area contributed by atoms with E-state index >= 15 is 0 Å². The SMILES string of the molecule is CNS(=O)(=O)c1ccc(-c2cccc(NC(=O)C3(c4ccc(Cl)cc4)CCCC3)c2)cc1.[HH].[HH]. The zero-order valence-corrected chi connectivity index (χ0v) is 19.3. The highest BCUT2D eigenvalue weighted by Crippen LogP contribution is 2.42. The van der Waals surface area contributed by atoms with Crippen molar-refractivity contribution in [1.82, 2.24) is 4.72 Å². The van der Waals surface area contributed by atoms with Gasteiger partial charge in [-0.2, -0.15) is 0 Å². The summed E-state index contributed by atoms with van der Waals surface area (Å²) < 4.78 is 26.2. The van der Waals surface area contributed by atoms with Crippen LogP contribution in [-0.4, -0.2) is 21.4 Å². The summed E-state index contributed by atoms with van der Waals surface area (Å²) in [4.78, 5) is 13.6.